The molecule has 0 saturated heterocycles. The Bertz CT molecular complexity index is 665. The first-order valence-electron chi connectivity index (χ1n) is 16.8. The van der Waals surface area contributed by atoms with Crippen LogP contribution < -0.4 is 0 Å². The highest BCUT2D eigenvalue weighted by Gasteiger charge is 2.23. The van der Waals surface area contributed by atoms with Crippen LogP contribution in [-0.4, -0.2) is 11.6 Å². The average molecular weight is 527 g/mol. The van der Waals surface area contributed by atoms with Crippen LogP contribution in [0, 0.1) is 5.92 Å². The number of carbonyl (C=O) groups is 2. The molecule has 0 heterocycles. The zero-order valence-corrected chi connectivity index (χ0v) is 25.5. The van der Waals surface area contributed by atoms with Crippen LogP contribution in [0.4, 0.5) is 0 Å². The third-order valence-electron chi connectivity index (χ3n) is 8.21. The van der Waals surface area contributed by atoms with Gasteiger partial charge in [0.15, 0.2) is 5.78 Å². The molecule has 0 fully saturated rings. The minimum atomic E-state index is -0.461. The smallest absolute Gasteiger partial charge is 0.173 e. The molecule has 0 aliphatic heterocycles. The van der Waals surface area contributed by atoms with Crippen molar-refractivity contribution in [3.8, 4) is 0 Å². The van der Waals surface area contributed by atoms with Crippen LogP contribution in [0.3, 0.4) is 0 Å². The van der Waals surface area contributed by atoms with E-state index in [-0.39, 0.29) is 11.6 Å². The van der Waals surface area contributed by atoms with E-state index in [9.17, 15) is 9.59 Å². The van der Waals surface area contributed by atoms with E-state index in [0.717, 1.165) is 12.8 Å². The number of Topliss-reactive ketones (excluding diaryl/α,β-unsaturated/α-hetero) is 2. The van der Waals surface area contributed by atoms with E-state index in [1.165, 1.54) is 141 Å². The van der Waals surface area contributed by atoms with E-state index in [1.54, 1.807) is 6.92 Å². The van der Waals surface area contributed by atoms with Crippen molar-refractivity contribution in [3.05, 3.63) is 35.9 Å². The van der Waals surface area contributed by atoms with Crippen LogP contribution in [0.25, 0.3) is 0 Å². The minimum Gasteiger partial charge on any atom is -0.299 e. The van der Waals surface area contributed by atoms with E-state index in [2.05, 4.69) is 6.92 Å². The molecule has 0 radical (unpaired) electrons. The standard InChI is InChI=1S/C36H62O2/c1-3-4-5-6-7-8-9-10-11-12-13-14-15-16-17-18-19-20-21-22-23-24-25-29-32-35(33(2)37)36(38)34-30-27-26-28-31-34/h26-28,30-31,35H,3-25,29,32H2,1-2H3. The third kappa shape index (κ3) is 19.6. The van der Waals surface area contributed by atoms with Gasteiger partial charge in [0.2, 0.25) is 0 Å². The van der Waals surface area contributed by atoms with Gasteiger partial charge in [0.25, 0.3) is 0 Å². The zero-order chi connectivity index (χ0) is 27.5. The Morgan fingerprint density at radius 1 is 0.500 bits per heavy atom. The van der Waals surface area contributed by atoms with Crippen molar-refractivity contribution in [2.45, 2.75) is 174 Å². The predicted octanol–water partition coefficient (Wildman–Crippen LogP) is 11.8. The molecule has 1 atom stereocenters. The van der Waals surface area contributed by atoms with Gasteiger partial charge in [-0.1, -0.05) is 191 Å². The number of hydrogen-bond acceptors (Lipinski definition) is 2. The second kappa shape index (κ2) is 25.8. The summed E-state index contributed by atoms with van der Waals surface area (Å²) < 4.78 is 0. The van der Waals surface area contributed by atoms with Gasteiger partial charge in [-0.25, -0.2) is 0 Å². The largest absolute Gasteiger partial charge is 0.299 e. The summed E-state index contributed by atoms with van der Waals surface area (Å²) in [5.74, 6) is -0.461. The summed E-state index contributed by atoms with van der Waals surface area (Å²) in [6, 6.07) is 9.27. The average Bonchev–Trinajstić information content (AvgIpc) is 2.93. The van der Waals surface area contributed by atoms with Crippen molar-refractivity contribution < 1.29 is 9.59 Å². The molecule has 1 aromatic rings. The van der Waals surface area contributed by atoms with Gasteiger partial charge in [0.1, 0.15) is 5.78 Å². The van der Waals surface area contributed by atoms with Gasteiger partial charge in [0.05, 0.1) is 5.92 Å². The lowest BCUT2D eigenvalue weighted by Gasteiger charge is -2.12. The number of ketones is 2. The van der Waals surface area contributed by atoms with Crippen LogP contribution >= 0.6 is 0 Å². The summed E-state index contributed by atoms with van der Waals surface area (Å²) >= 11 is 0. The molecule has 0 amide bonds. The van der Waals surface area contributed by atoms with Crippen LogP contribution in [0.2, 0.25) is 0 Å². The Morgan fingerprint density at radius 3 is 1.13 bits per heavy atom. The normalized spacial score (nSPS) is 12.1. The molecule has 0 spiro atoms. The highest BCUT2D eigenvalue weighted by Crippen LogP contribution is 2.19. The van der Waals surface area contributed by atoms with Gasteiger partial charge in [-0.05, 0) is 13.3 Å². The van der Waals surface area contributed by atoms with E-state index < -0.39 is 5.92 Å². The monoisotopic (exact) mass is 526 g/mol. The highest BCUT2D eigenvalue weighted by molar-refractivity contribution is 6.09. The van der Waals surface area contributed by atoms with Gasteiger partial charge in [0, 0.05) is 5.56 Å². The van der Waals surface area contributed by atoms with Crippen molar-refractivity contribution in [2.24, 2.45) is 5.92 Å². The molecule has 0 aliphatic carbocycles. The molecule has 38 heavy (non-hydrogen) atoms. The number of hydrogen-bond donors (Lipinski definition) is 0. The topological polar surface area (TPSA) is 34.1 Å². The highest BCUT2D eigenvalue weighted by atomic mass is 16.1. The first kappa shape index (κ1) is 34.6. The Hall–Kier alpha value is -1.44. The molecule has 1 rings (SSSR count). The lowest BCUT2D eigenvalue weighted by Crippen LogP contribution is -2.22. The summed E-state index contributed by atoms with van der Waals surface area (Å²) in [5, 5.41) is 0. The van der Waals surface area contributed by atoms with E-state index in [4.69, 9.17) is 0 Å². The number of carbonyl (C=O) groups excluding carboxylic acids is 2. The maximum atomic E-state index is 12.6. The summed E-state index contributed by atoms with van der Waals surface area (Å²) in [6.45, 7) is 3.85. The summed E-state index contributed by atoms with van der Waals surface area (Å²) in [6.07, 6.45) is 33.9. The number of benzene rings is 1. The molecular formula is C36H62O2. The van der Waals surface area contributed by atoms with Crippen molar-refractivity contribution in [2.75, 3.05) is 0 Å². The molecule has 1 aromatic carbocycles. The maximum absolute atomic E-state index is 12.6. The predicted molar refractivity (Wildman–Crippen MR) is 166 cm³/mol. The maximum Gasteiger partial charge on any atom is 0.173 e. The second-order valence-corrected chi connectivity index (χ2v) is 11.8. The van der Waals surface area contributed by atoms with Crippen LogP contribution in [0.5, 0.6) is 0 Å². The Kier molecular flexibility index (Phi) is 23.5. The van der Waals surface area contributed by atoms with E-state index in [0.29, 0.717) is 12.0 Å². The molecule has 0 N–H and O–H groups in total. The zero-order valence-electron chi connectivity index (χ0n) is 25.5. The van der Waals surface area contributed by atoms with E-state index >= 15 is 0 Å². The SMILES string of the molecule is CCCCCCCCCCCCCCCCCCCCCCCCCCC(C(C)=O)C(=O)c1ccccc1. The summed E-state index contributed by atoms with van der Waals surface area (Å²) in [7, 11) is 0. The molecule has 0 saturated carbocycles. The molecule has 0 bridgehead atoms. The van der Waals surface area contributed by atoms with Gasteiger partial charge >= 0.3 is 0 Å². The fourth-order valence-electron chi connectivity index (χ4n) is 5.63. The number of rotatable bonds is 28. The molecule has 1 unspecified atom stereocenters. The quantitative estimate of drug-likeness (QED) is 0.0618. The second-order valence-electron chi connectivity index (χ2n) is 11.8. The van der Waals surface area contributed by atoms with Gasteiger partial charge in [-0.2, -0.15) is 0 Å². The van der Waals surface area contributed by atoms with Crippen LogP contribution in [-0.2, 0) is 4.79 Å². The fraction of sp³-hybridized carbons (Fsp3) is 0.778. The Labute approximate surface area is 237 Å². The Morgan fingerprint density at radius 2 is 0.816 bits per heavy atom. The molecule has 0 aromatic heterocycles. The summed E-state index contributed by atoms with van der Waals surface area (Å²) in [4.78, 5) is 24.6. The minimum absolute atomic E-state index is 0.00724. The third-order valence-corrected chi connectivity index (χ3v) is 8.21. The van der Waals surface area contributed by atoms with Crippen molar-refractivity contribution in [3.63, 3.8) is 0 Å². The molecule has 2 nitrogen and oxygen atoms in total. The lowest BCUT2D eigenvalue weighted by atomic mass is 9.89. The molecule has 218 valence electrons. The fourth-order valence-corrected chi connectivity index (χ4v) is 5.63. The first-order chi connectivity index (χ1) is 18.7. The molecule has 0 aliphatic rings. The van der Waals surface area contributed by atoms with Crippen molar-refractivity contribution in [1.29, 1.82) is 0 Å². The van der Waals surface area contributed by atoms with Gasteiger partial charge in [-0.15, -0.1) is 0 Å². The van der Waals surface area contributed by atoms with Crippen molar-refractivity contribution in [1.82, 2.24) is 0 Å². The number of unbranched alkanes of at least 4 members (excludes halogenated alkanes) is 23. The lowest BCUT2D eigenvalue weighted by molar-refractivity contribution is -0.119. The van der Waals surface area contributed by atoms with Gasteiger partial charge in [-0.3, -0.25) is 9.59 Å². The van der Waals surface area contributed by atoms with Crippen LogP contribution in [0.1, 0.15) is 185 Å². The van der Waals surface area contributed by atoms with Crippen molar-refractivity contribution >= 4 is 11.6 Å². The van der Waals surface area contributed by atoms with Crippen LogP contribution in [0.15, 0.2) is 30.3 Å². The molecular weight excluding hydrogens is 464 g/mol. The Balaban J connectivity index is 1.81. The molecule has 2 heteroatoms. The summed E-state index contributed by atoms with van der Waals surface area (Å²) in [5.41, 5.74) is 0.664. The van der Waals surface area contributed by atoms with Gasteiger partial charge < -0.3 is 0 Å². The van der Waals surface area contributed by atoms with E-state index in [1.807, 2.05) is 30.3 Å². The first-order valence-corrected chi connectivity index (χ1v) is 16.8.